The van der Waals surface area contributed by atoms with Crippen LogP contribution in [0.3, 0.4) is 0 Å². The zero-order valence-corrected chi connectivity index (χ0v) is 24.2. The monoisotopic (exact) mass is 636 g/mol. The molecule has 4 rings (SSSR count). The van der Waals surface area contributed by atoms with Crippen LogP contribution in [0.1, 0.15) is 22.3 Å². The number of sulfonamides is 1. The minimum absolute atomic E-state index is 0.0140. The van der Waals surface area contributed by atoms with E-state index in [9.17, 15) is 21.8 Å². The van der Waals surface area contributed by atoms with E-state index in [1.165, 1.54) is 18.2 Å². The molecule has 0 heterocycles. The maximum Gasteiger partial charge on any atom is 0.399 e. The number of benzene rings is 4. The average Bonchev–Trinajstić information content (AvgIpc) is 2.92. The van der Waals surface area contributed by atoms with Gasteiger partial charge < -0.3 is 9.79 Å². The van der Waals surface area contributed by atoms with Gasteiger partial charge in [-0.2, -0.15) is 18.3 Å². The van der Waals surface area contributed by atoms with Crippen LogP contribution in [0.15, 0.2) is 95.9 Å². The third kappa shape index (κ3) is 6.69. The van der Waals surface area contributed by atoms with Crippen LogP contribution >= 0.6 is 30.8 Å². The lowest BCUT2D eigenvalue weighted by Crippen LogP contribution is -2.30. The topological polar surface area (TPSA) is 119 Å². The van der Waals surface area contributed by atoms with Crippen LogP contribution < -0.4 is 0 Å². The van der Waals surface area contributed by atoms with Crippen LogP contribution in [0.2, 0.25) is 10.0 Å². The molecule has 0 atom stereocenters. The van der Waals surface area contributed by atoms with Gasteiger partial charge in [0.1, 0.15) is 4.90 Å². The molecule has 0 amide bonds. The molecule has 0 saturated carbocycles. The Bertz CT molecular complexity index is 1790. The van der Waals surface area contributed by atoms with Crippen LogP contribution in [-0.2, 0) is 33.3 Å². The molecular weight excluding hydrogens is 616 g/mol. The number of nitrogens with zero attached hydrogens (tertiary/aromatic N) is 2. The summed E-state index contributed by atoms with van der Waals surface area (Å²) in [5.74, 6) is 0. The van der Waals surface area contributed by atoms with E-state index in [2.05, 4.69) is 6.07 Å². The molecule has 0 bridgehead atoms. The first-order chi connectivity index (χ1) is 19.2. The van der Waals surface area contributed by atoms with Gasteiger partial charge in [-0.05, 0) is 52.6 Å². The predicted octanol–water partition coefficient (Wildman–Crippen LogP) is 7.15. The average molecular weight is 637 g/mol. The molecule has 0 radical (unpaired) electrons. The predicted molar refractivity (Wildman–Crippen MR) is 152 cm³/mol. The highest BCUT2D eigenvalue weighted by atomic mass is 35.5. The molecule has 4 aromatic carbocycles. The largest absolute Gasteiger partial charge is 0.399 e. The highest BCUT2D eigenvalue weighted by molar-refractivity contribution is 7.89. The lowest BCUT2D eigenvalue weighted by Gasteiger charge is -2.24. The van der Waals surface area contributed by atoms with Crippen LogP contribution in [0.25, 0.3) is 11.1 Å². The van der Waals surface area contributed by atoms with Gasteiger partial charge in [-0.15, -0.1) is 0 Å². The molecule has 0 aliphatic carbocycles. The van der Waals surface area contributed by atoms with E-state index in [0.717, 1.165) is 33.6 Å². The minimum Gasteiger partial charge on any atom is -0.320 e. The Labute approximate surface area is 245 Å². The molecule has 41 heavy (non-hydrogen) atoms. The molecular formula is C28H21Cl2F2N2O5PS. The first-order valence-electron chi connectivity index (χ1n) is 11.8. The molecule has 13 heteroatoms. The Hall–Kier alpha value is -3.13. The van der Waals surface area contributed by atoms with Crippen molar-refractivity contribution in [2.75, 3.05) is 0 Å². The minimum atomic E-state index is -5.86. The standard InChI is InChI=1S/C28H21Cl2F2N2O5PS/c29-25-6-1-2-7-27(25)41(38,39)34(18-21-10-13-24(26(30)15-21)28(31,32)40(35,36)37)17-19-8-11-22(12-9-19)23-5-3-4-20(14-23)16-33/h1-15H,17-18H2,(H2,35,36,37). The van der Waals surface area contributed by atoms with E-state index in [-0.39, 0.29) is 28.6 Å². The number of rotatable bonds is 9. The van der Waals surface area contributed by atoms with Crippen molar-refractivity contribution in [2.45, 2.75) is 23.6 Å². The smallest absolute Gasteiger partial charge is 0.320 e. The van der Waals surface area contributed by atoms with Crippen molar-refractivity contribution in [2.24, 2.45) is 0 Å². The van der Waals surface area contributed by atoms with E-state index in [0.29, 0.717) is 11.1 Å². The van der Waals surface area contributed by atoms with Crippen LogP contribution in [-0.4, -0.2) is 22.5 Å². The maximum absolute atomic E-state index is 14.3. The van der Waals surface area contributed by atoms with Gasteiger partial charge in [0.05, 0.1) is 27.2 Å². The summed E-state index contributed by atoms with van der Waals surface area (Å²) in [6, 6.07) is 24.9. The van der Waals surface area contributed by atoms with Gasteiger partial charge in [-0.25, -0.2) is 8.42 Å². The number of hydrogen-bond donors (Lipinski definition) is 2. The lowest BCUT2D eigenvalue weighted by molar-refractivity contribution is 0.0565. The Morgan fingerprint density at radius 1 is 0.829 bits per heavy atom. The van der Waals surface area contributed by atoms with E-state index in [4.69, 9.17) is 38.3 Å². The van der Waals surface area contributed by atoms with E-state index in [1.807, 2.05) is 6.07 Å². The van der Waals surface area contributed by atoms with Crippen molar-refractivity contribution in [1.82, 2.24) is 4.31 Å². The molecule has 0 aliphatic heterocycles. The van der Waals surface area contributed by atoms with Gasteiger partial charge in [0.15, 0.2) is 0 Å². The normalized spacial score (nSPS) is 12.3. The molecule has 7 nitrogen and oxygen atoms in total. The van der Waals surface area contributed by atoms with Crippen LogP contribution in [0.5, 0.6) is 0 Å². The fraction of sp³-hybridized carbons (Fsp3) is 0.107. The van der Waals surface area contributed by atoms with Crippen molar-refractivity contribution >= 4 is 40.8 Å². The van der Waals surface area contributed by atoms with Gasteiger partial charge in [0.2, 0.25) is 10.0 Å². The second kappa shape index (κ2) is 12.0. The van der Waals surface area contributed by atoms with Crippen LogP contribution in [0.4, 0.5) is 8.78 Å². The Morgan fingerprint density at radius 2 is 1.46 bits per heavy atom. The molecule has 2 N–H and O–H groups in total. The van der Waals surface area contributed by atoms with Gasteiger partial charge in [-0.3, -0.25) is 4.57 Å². The number of alkyl halides is 2. The summed E-state index contributed by atoms with van der Waals surface area (Å²) in [4.78, 5) is 18.0. The quantitative estimate of drug-likeness (QED) is 0.188. The maximum atomic E-state index is 14.3. The zero-order valence-electron chi connectivity index (χ0n) is 21.0. The molecule has 0 fully saturated rings. The molecule has 0 unspecified atom stereocenters. The van der Waals surface area contributed by atoms with Gasteiger partial charge in [-0.1, -0.05) is 83.9 Å². The molecule has 212 valence electrons. The van der Waals surface area contributed by atoms with E-state index in [1.54, 1.807) is 48.5 Å². The summed E-state index contributed by atoms with van der Waals surface area (Å²) >= 11 is 12.2. The molecule has 4 aromatic rings. The second-order valence-corrected chi connectivity index (χ2v) is 13.4. The summed E-state index contributed by atoms with van der Waals surface area (Å²) in [6.45, 7) is -0.453. The summed E-state index contributed by atoms with van der Waals surface area (Å²) in [6.07, 6.45) is 0. The first-order valence-corrected chi connectivity index (χ1v) is 15.6. The fourth-order valence-corrected chi connectivity index (χ4v) is 6.86. The summed E-state index contributed by atoms with van der Waals surface area (Å²) in [5, 5.41) is 8.52. The number of nitriles is 1. The summed E-state index contributed by atoms with van der Waals surface area (Å²) in [7, 11) is -10.1. The van der Waals surface area contributed by atoms with Crippen molar-refractivity contribution < 1.29 is 31.6 Å². The molecule has 0 aliphatic rings. The number of halogens is 4. The van der Waals surface area contributed by atoms with Gasteiger partial charge >= 0.3 is 13.3 Å². The number of hydrogen-bond acceptors (Lipinski definition) is 4. The Morgan fingerprint density at radius 3 is 2.07 bits per heavy atom. The SMILES string of the molecule is N#Cc1cccc(-c2ccc(CN(Cc3ccc(C(F)(F)P(=O)(O)O)c(Cl)c3)S(=O)(=O)c3ccccc3Cl)cc2)c1. The third-order valence-electron chi connectivity index (χ3n) is 6.17. The molecule has 0 spiro atoms. The van der Waals surface area contributed by atoms with Crippen molar-refractivity contribution in [3.8, 4) is 17.2 Å². The Kier molecular flexibility index (Phi) is 9.02. The summed E-state index contributed by atoms with van der Waals surface area (Å²) in [5.41, 5.74) is -2.71. The molecule has 0 aromatic heterocycles. The van der Waals surface area contributed by atoms with E-state index >= 15 is 0 Å². The van der Waals surface area contributed by atoms with E-state index < -0.39 is 33.9 Å². The van der Waals surface area contributed by atoms with Crippen LogP contribution in [0, 0.1) is 11.3 Å². The zero-order chi connectivity index (χ0) is 30.0. The fourth-order valence-electron chi connectivity index (χ4n) is 4.05. The van der Waals surface area contributed by atoms with Crippen molar-refractivity contribution in [3.63, 3.8) is 0 Å². The van der Waals surface area contributed by atoms with Gasteiger partial charge in [0, 0.05) is 13.1 Å². The second-order valence-electron chi connectivity index (χ2n) is 8.99. The van der Waals surface area contributed by atoms with Crippen molar-refractivity contribution in [1.29, 1.82) is 5.26 Å². The molecule has 0 saturated heterocycles. The highest BCUT2D eigenvalue weighted by Gasteiger charge is 2.51. The third-order valence-corrected chi connectivity index (χ3v) is 9.75. The first kappa shape index (κ1) is 30.8. The lowest BCUT2D eigenvalue weighted by atomic mass is 10.0. The Balaban J connectivity index is 1.70. The van der Waals surface area contributed by atoms with Gasteiger partial charge in [0.25, 0.3) is 0 Å². The summed E-state index contributed by atoms with van der Waals surface area (Å²) < 4.78 is 68.4. The van der Waals surface area contributed by atoms with Crippen molar-refractivity contribution in [3.05, 3.63) is 123 Å². The highest BCUT2D eigenvalue weighted by Crippen LogP contribution is 2.60.